The van der Waals surface area contributed by atoms with Crippen LogP contribution in [0.5, 0.6) is 0 Å². The molecule has 1 aliphatic rings. The summed E-state index contributed by atoms with van der Waals surface area (Å²) >= 11 is 0. The van der Waals surface area contributed by atoms with E-state index in [0.29, 0.717) is 6.08 Å². The van der Waals surface area contributed by atoms with Crippen molar-refractivity contribution in [2.75, 3.05) is 0 Å². The van der Waals surface area contributed by atoms with Crippen LogP contribution in [0.3, 0.4) is 0 Å². The quantitative estimate of drug-likeness (QED) is 0.767. The van der Waals surface area contributed by atoms with Crippen molar-refractivity contribution in [3.63, 3.8) is 0 Å². The molecule has 1 aliphatic carbocycles. The number of nitrogens with one attached hydrogen (secondary N) is 1. The number of carbonyl (C=O) groups is 1. The summed E-state index contributed by atoms with van der Waals surface area (Å²) in [5.74, 6) is -0.442. The van der Waals surface area contributed by atoms with Crippen LogP contribution >= 0.6 is 0 Å². The number of allylic oxidation sites excluding steroid dienone is 1. The maximum Gasteiger partial charge on any atom is 0.417 e. The molecule has 1 amide bonds. The molecule has 130 valence electrons. The Labute approximate surface area is 144 Å². The molecule has 0 bridgehead atoms. The van der Waals surface area contributed by atoms with Gasteiger partial charge in [-0.2, -0.15) is 13.2 Å². The summed E-state index contributed by atoms with van der Waals surface area (Å²) in [7, 11) is 0. The Balaban J connectivity index is 1.84. The van der Waals surface area contributed by atoms with E-state index in [9.17, 15) is 18.0 Å². The normalized spacial score (nSPS) is 16.4. The fraction of sp³-hybridized carbons (Fsp3) is 0.250. The highest BCUT2D eigenvalue weighted by Crippen LogP contribution is 2.41. The van der Waals surface area contributed by atoms with Crippen LogP contribution in [0.4, 0.5) is 13.2 Å². The molecule has 0 radical (unpaired) electrons. The SMILES string of the molecule is O=C(/C=C(\c1ccccc1)C(F)(F)F)N[C@@H](c1ccccc1)C1CC1. The van der Waals surface area contributed by atoms with E-state index in [4.69, 9.17) is 0 Å². The van der Waals surface area contributed by atoms with Crippen molar-refractivity contribution in [1.29, 1.82) is 0 Å². The molecule has 0 unspecified atom stereocenters. The largest absolute Gasteiger partial charge is 0.417 e. The zero-order valence-corrected chi connectivity index (χ0v) is 13.5. The van der Waals surface area contributed by atoms with E-state index >= 15 is 0 Å². The van der Waals surface area contributed by atoms with E-state index < -0.39 is 17.7 Å². The van der Waals surface area contributed by atoms with Crippen molar-refractivity contribution in [3.8, 4) is 0 Å². The lowest BCUT2D eigenvalue weighted by Gasteiger charge is -2.19. The maximum atomic E-state index is 13.3. The number of amides is 1. The molecular weight excluding hydrogens is 327 g/mol. The number of hydrogen-bond acceptors (Lipinski definition) is 1. The maximum absolute atomic E-state index is 13.3. The fourth-order valence-corrected chi connectivity index (χ4v) is 2.84. The Kier molecular flexibility index (Phi) is 4.93. The molecular formula is C20H18F3NO. The summed E-state index contributed by atoms with van der Waals surface area (Å²) in [6.45, 7) is 0. The predicted octanol–water partition coefficient (Wildman–Crippen LogP) is 4.90. The van der Waals surface area contributed by atoms with E-state index in [-0.39, 0.29) is 17.5 Å². The van der Waals surface area contributed by atoms with Gasteiger partial charge in [-0.1, -0.05) is 60.7 Å². The minimum atomic E-state index is -4.60. The van der Waals surface area contributed by atoms with Crippen molar-refractivity contribution in [2.45, 2.75) is 25.1 Å². The Hall–Kier alpha value is -2.56. The van der Waals surface area contributed by atoms with E-state index in [2.05, 4.69) is 5.32 Å². The monoisotopic (exact) mass is 345 g/mol. The third-order valence-electron chi connectivity index (χ3n) is 4.22. The highest BCUT2D eigenvalue weighted by atomic mass is 19.4. The second-order valence-electron chi connectivity index (χ2n) is 6.16. The van der Waals surface area contributed by atoms with Gasteiger partial charge < -0.3 is 5.32 Å². The Morgan fingerprint density at radius 2 is 1.56 bits per heavy atom. The van der Waals surface area contributed by atoms with Crippen LogP contribution < -0.4 is 5.32 Å². The van der Waals surface area contributed by atoms with Crippen molar-refractivity contribution in [2.24, 2.45) is 5.92 Å². The van der Waals surface area contributed by atoms with E-state index in [1.54, 1.807) is 6.07 Å². The molecule has 1 fully saturated rings. The van der Waals surface area contributed by atoms with Gasteiger partial charge in [-0.25, -0.2) is 0 Å². The number of benzene rings is 2. The van der Waals surface area contributed by atoms with Crippen molar-refractivity contribution in [3.05, 3.63) is 77.9 Å². The van der Waals surface area contributed by atoms with Crippen LogP contribution in [0, 0.1) is 5.92 Å². The third-order valence-corrected chi connectivity index (χ3v) is 4.22. The highest BCUT2D eigenvalue weighted by Gasteiger charge is 2.36. The molecule has 2 nitrogen and oxygen atoms in total. The van der Waals surface area contributed by atoms with Crippen LogP contribution in [0.1, 0.15) is 30.0 Å². The fourth-order valence-electron chi connectivity index (χ4n) is 2.84. The van der Waals surface area contributed by atoms with Gasteiger partial charge in [-0.15, -0.1) is 0 Å². The molecule has 1 N–H and O–H groups in total. The van der Waals surface area contributed by atoms with Gasteiger partial charge in [-0.3, -0.25) is 4.79 Å². The van der Waals surface area contributed by atoms with E-state index in [0.717, 1.165) is 18.4 Å². The second-order valence-corrected chi connectivity index (χ2v) is 6.16. The van der Waals surface area contributed by atoms with Gasteiger partial charge in [0.25, 0.3) is 0 Å². The third kappa shape index (κ3) is 4.50. The first kappa shape index (κ1) is 17.3. The van der Waals surface area contributed by atoms with Gasteiger partial charge in [0.05, 0.1) is 11.6 Å². The molecule has 1 saturated carbocycles. The molecule has 2 aromatic carbocycles. The first-order valence-corrected chi connectivity index (χ1v) is 8.15. The van der Waals surface area contributed by atoms with Gasteiger partial charge in [0.2, 0.25) is 5.91 Å². The summed E-state index contributed by atoms with van der Waals surface area (Å²) in [6, 6.07) is 16.5. The summed E-state index contributed by atoms with van der Waals surface area (Å²) in [5.41, 5.74) is -0.0407. The van der Waals surface area contributed by atoms with Crippen LogP contribution in [0.2, 0.25) is 0 Å². The number of hydrogen-bond donors (Lipinski definition) is 1. The Morgan fingerprint density at radius 3 is 2.08 bits per heavy atom. The molecule has 1 atom stereocenters. The molecule has 0 aliphatic heterocycles. The number of alkyl halides is 3. The molecule has 5 heteroatoms. The van der Waals surface area contributed by atoms with Crippen molar-refractivity contribution >= 4 is 11.5 Å². The zero-order chi connectivity index (χ0) is 17.9. The van der Waals surface area contributed by atoms with Crippen LogP contribution in [-0.4, -0.2) is 12.1 Å². The second kappa shape index (κ2) is 7.13. The van der Waals surface area contributed by atoms with Crippen molar-refractivity contribution in [1.82, 2.24) is 5.32 Å². The van der Waals surface area contributed by atoms with E-state index in [1.165, 1.54) is 24.3 Å². The molecule has 3 rings (SSSR count). The lowest BCUT2D eigenvalue weighted by Crippen LogP contribution is -2.29. The van der Waals surface area contributed by atoms with Gasteiger partial charge >= 0.3 is 6.18 Å². The van der Waals surface area contributed by atoms with Crippen LogP contribution in [0.15, 0.2) is 66.7 Å². The van der Waals surface area contributed by atoms with Gasteiger partial charge in [0, 0.05) is 6.08 Å². The molecule has 0 heterocycles. The standard InChI is InChI=1S/C20H18F3NO/c21-20(22,23)17(14-7-3-1-4-8-14)13-18(25)24-19(16-11-12-16)15-9-5-2-6-10-15/h1-10,13,16,19H,11-12H2,(H,24,25)/b17-13+/t19-/m0/s1. The Morgan fingerprint density at radius 1 is 1.00 bits per heavy atom. The number of carbonyl (C=O) groups excluding carboxylic acids is 1. The minimum absolute atomic E-state index is 0.0205. The average Bonchev–Trinajstić information content (AvgIpc) is 3.43. The Bertz CT molecular complexity index is 750. The molecule has 25 heavy (non-hydrogen) atoms. The molecule has 0 aromatic heterocycles. The van der Waals surface area contributed by atoms with Gasteiger partial charge in [0.1, 0.15) is 0 Å². The smallest absolute Gasteiger partial charge is 0.345 e. The predicted molar refractivity (Wildman–Crippen MR) is 90.5 cm³/mol. The molecule has 0 saturated heterocycles. The first-order chi connectivity index (χ1) is 11.9. The van der Waals surface area contributed by atoms with Crippen molar-refractivity contribution < 1.29 is 18.0 Å². The number of halogens is 3. The molecule has 2 aromatic rings. The van der Waals surface area contributed by atoms with Gasteiger partial charge in [-0.05, 0) is 29.9 Å². The number of rotatable bonds is 5. The molecule has 0 spiro atoms. The van der Waals surface area contributed by atoms with Crippen LogP contribution in [0.25, 0.3) is 5.57 Å². The summed E-state index contributed by atoms with van der Waals surface area (Å²) in [4.78, 5) is 12.3. The minimum Gasteiger partial charge on any atom is -0.345 e. The topological polar surface area (TPSA) is 29.1 Å². The summed E-state index contributed by atoms with van der Waals surface area (Å²) in [6.07, 6.45) is -2.00. The van der Waals surface area contributed by atoms with E-state index in [1.807, 2.05) is 30.3 Å². The zero-order valence-electron chi connectivity index (χ0n) is 13.5. The van der Waals surface area contributed by atoms with Gasteiger partial charge in [0.15, 0.2) is 0 Å². The lowest BCUT2D eigenvalue weighted by atomic mass is 10.0. The van der Waals surface area contributed by atoms with Crippen LogP contribution in [-0.2, 0) is 4.79 Å². The average molecular weight is 345 g/mol. The summed E-state index contributed by atoms with van der Waals surface area (Å²) < 4.78 is 40.0. The highest BCUT2D eigenvalue weighted by molar-refractivity contribution is 5.96. The first-order valence-electron chi connectivity index (χ1n) is 8.15. The summed E-state index contributed by atoms with van der Waals surface area (Å²) in [5, 5.41) is 2.75. The lowest BCUT2D eigenvalue weighted by molar-refractivity contribution is -0.117.